The summed E-state index contributed by atoms with van der Waals surface area (Å²) in [6.07, 6.45) is 0. The van der Waals surface area contributed by atoms with Gasteiger partial charge in [0.15, 0.2) is 0 Å². The third-order valence-electron chi connectivity index (χ3n) is 5.19. The molecule has 0 aliphatic carbocycles. The molecule has 178 valence electrons. The first-order valence-corrected chi connectivity index (χ1v) is 13.3. The monoisotopic (exact) mass is 608 g/mol. The van der Waals surface area contributed by atoms with Crippen LogP contribution in [0.15, 0.2) is 75.7 Å². The van der Waals surface area contributed by atoms with Gasteiger partial charge in [0, 0.05) is 21.6 Å². The summed E-state index contributed by atoms with van der Waals surface area (Å²) in [5, 5.41) is 12.4. The molecule has 3 aromatic rings. The Morgan fingerprint density at radius 3 is 2.03 bits per heavy atom. The number of anilines is 1. The van der Waals surface area contributed by atoms with Crippen LogP contribution in [0.3, 0.4) is 0 Å². The molecule has 0 saturated heterocycles. The second-order valence-electron chi connectivity index (χ2n) is 7.67. The van der Waals surface area contributed by atoms with Crippen molar-refractivity contribution in [3.8, 4) is 0 Å². The summed E-state index contributed by atoms with van der Waals surface area (Å²) in [6.45, 7) is 1.80. The Morgan fingerprint density at radius 1 is 0.941 bits per heavy atom. The topological polar surface area (TPSA) is 104 Å². The lowest BCUT2D eigenvalue weighted by molar-refractivity contribution is 0.0697. The van der Waals surface area contributed by atoms with Gasteiger partial charge in [0.2, 0.25) is 10.0 Å². The Hall–Kier alpha value is -2.69. The molecule has 0 aliphatic rings. The van der Waals surface area contributed by atoms with Crippen molar-refractivity contribution in [1.29, 1.82) is 0 Å². The summed E-state index contributed by atoms with van der Waals surface area (Å²) in [6, 6.07) is 17.8. The summed E-state index contributed by atoms with van der Waals surface area (Å²) in [5.41, 5.74) is 1.37. The van der Waals surface area contributed by atoms with Gasteiger partial charge in [-0.2, -0.15) is 0 Å². The van der Waals surface area contributed by atoms with Gasteiger partial charge >= 0.3 is 5.97 Å². The number of sulfonamides is 1. The molecule has 0 aliphatic heterocycles. The number of carbonyl (C=O) groups excluding carboxylic acids is 1. The summed E-state index contributed by atoms with van der Waals surface area (Å²) < 4.78 is 28.7. The fraction of sp³-hybridized carbons (Fsp3) is 0.167. The Labute approximate surface area is 215 Å². The number of carbonyl (C=O) groups is 2. The minimum atomic E-state index is -3.85. The van der Waals surface area contributed by atoms with Crippen molar-refractivity contribution < 1.29 is 23.1 Å². The zero-order valence-electron chi connectivity index (χ0n) is 18.3. The molecule has 0 aromatic heterocycles. The van der Waals surface area contributed by atoms with E-state index in [1.54, 1.807) is 31.2 Å². The second kappa shape index (κ2) is 10.7. The summed E-state index contributed by atoms with van der Waals surface area (Å²) in [7, 11) is -2.51. The predicted octanol–water partition coefficient (Wildman–Crippen LogP) is 5.37. The van der Waals surface area contributed by atoms with Crippen LogP contribution in [0, 0.1) is 0 Å². The molecule has 34 heavy (non-hydrogen) atoms. The average molecular weight is 610 g/mol. The summed E-state index contributed by atoms with van der Waals surface area (Å²) in [4.78, 5) is 24.6. The van der Waals surface area contributed by atoms with Crippen LogP contribution in [-0.4, -0.2) is 32.4 Å². The highest BCUT2D eigenvalue weighted by Gasteiger charge is 2.23. The number of benzene rings is 3. The molecule has 10 heteroatoms. The minimum absolute atomic E-state index is 0.0459. The largest absolute Gasteiger partial charge is 0.478 e. The van der Waals surface area contributed by atoms with E-state index >= 15 is 0 Å². The average Bonchev–Trinajstić information content (AvgIpc) is 2.80. The molecule has 1 amide bonds. The molecule has 2 N–H and O–H groups in total. The number of amides is 1. The quantitative estimate of drug-likeness (QED) is 0.357. The van der Waals surface area contributed by atoms with Crippen molar-refractivity contribution in [2.75, 3.05) is 11.4 Å². The Balaban J connectivity index is 1.88. The molecule has 3 rings (SSSR count). The van der Waals surface area contributed by atoms with E-state index in [2.05, 4.69) is 37.2 Å². The van der Waals surface area contributed by atoms with Crippen molar-refractivity contribution in [3.63, 3.8) is 0 Å². The predicted molar refractivity (Wildman–Crippen MR) is 139 cm³/mol. The number of aromatic carboxylic acids is 1. The maximum atomic E-state index is 13.0. The van der Waals surface area contributed by atoms with Gasteiger partial charge in [-0.05, 0) is 60.5 Å². The first-order chi connectivity index (χ1) is 16.0. The van der Waals surface area contributed by atoms with Gasteiger partial charge in [-0.15, -0.1) is 0 Å². The standard InChI is InChI=1S/C24H22Br2N2O5S/c1-15(17-5-9-21(26)10-6-17)27-23(29)18-11-19(24(30)31)13-22(12-18)28(2)34(32,33)14-16-3-7-20(25)8-4-16/h3-13,15H,14H2,1-2H3,(H,27,29)(H,30,31)/t15-/m0/s1. The van der Waals surface area contributed by atoms with Gasteiger partial charge < -0.3 is 10.4 Å². The molecule has 0 fully saturated rings. The normalized spacial score (nSPS) is 12.1. The zero-order chi connectivity index (χ0) is 25.0. The molecule has 1 atom stereocenters. The maximum absolute atomic E-state index is 13.0. The van der Waals surface area contributed by atoms with Crippen LogP contribution in [-0.2, 0) is 15.8 Å². The van der Waals surface area contributed by atoms with E-state index in [0.717, 1.165) is 18.8 Å². The Bertz CT molecular complexity index is 1310. The van der Waals surface area contributed by atoms with E-state index in [-0.39, 0.29) is 28.6 Å². The van der Waals surface area contributed by atoms with Crippen LogP contribution in [0.2, 0.25) is 0 Å². The van der Waals surface area contributed by atoms with Crippen LogP contribution in [0.1, 0.15) is 44.8 Å². The molecular weight excluding hydrogens is 588 g/mol. The minimum Gasteiger partial charge on any atom is -0.478 e. The Morgan fingerprint density at radius 2 is 1.47 bits per heavy atom. The SMILES string of the molecule is C[C@H](NC(=O)c1cc(C(=O)O)cc(N(C)S(=O)(=O)Cc2ccc(Br)cc2)c1)c1ccc(Br)cc1. The van der Waals surface area contributed by atoms with Crippen molar-refractivity contribution in [2.24, 2.45) is 0 Å². The van der Waals surface area contributed by atoms with Crippen LogP contribution in [0.5, 0.6) is 0 Å². The number of rotatable bonds is 8. The lowest BCUT2D eigenvalue weighted by atomic mass is 10.1. The van der Waals surface area contributed by atoms with Gasteiger partial charge in [-0.3, -0.25) is 9.10 Å². The van der Waals surface area contributed by atoms with Gasteiger partial charge in [0.1, 0.15) is 0 Å². The van der Waals surface area contributed by atoms with E-state index < -0.39 is 21.9 Å². The number of nitrogens with zero attached hydrogens (tertiary/aromatic N) is 1. The molecule has 0 bridgehead atoms. The third-order valence-corrected chi connectivity index (χ3v) is 7.99. The third kappa shape index (κ3) is 6.46. The highest BCUT2D eigenvalue weighted by atomic mass is 79.9. The van der Waals surface area contributed by atoms with Gasteiger partial charge in [-0.1, -0.05) is 56.1 Å². The van der Waals surface area contributed by atoms with E-state index in [9.17, 15) is 23.1 Å². The number of hydrogen-bond donors (Lipinski definition) is 2. The van der Waals surface area contributed by atoms with Crippen molar-refractivity contribution >= 4 is 59.4 Å². The summed E-state index contributed by atoms with van der Waals surface area (Å²) in [5.74, 6) is -2.06. The highest BCUT2D eigenvalue weighted by molar-refractivity contribution is 9.10. The Kier molecular flexibility index (Phi) is 8.17. The molecule has 0 saturated carbocycles. The van der Waals surface area contributed by atoms with Crippen LogP contribution in [0.4, 0.5) is 5.69 Å². The lowest BCUT2D eigenvalue weighted by Crippen LogP contribution is -2.30. The fourth-order valence-electron chi connectivity index (χ4n) is 3.21. The zero-order valence-corrected chi connectivity index (χ0v) is 22.3. The van der Waals surface area contributed by atoms with E-state index in [4.69, 9.17) is 0 Å². The van der Waals surface area contributed by atoms with Crippen molar-refractivity contribution in [3.05, 3.63) is 97.9 Å². The lowest BCUT2D eigenvalue weighted by Gasteiger charge is -2.21. The van der Waals surface area contributed by atoms with Crippen LogP contribution < -0.4 is 9.62 Å². The van der Waals surface area contributed by atoms with E-state index in [0.29, 0.717) is 5.56 Å². The van der Waals surface area contributed by atoms with Gasteiger partial charge in [-0.25, -0.2) is 13.2 Å². The number of nitrogens with one attached hydrogen (secondary N) is 1. The van der Waals surface area contributed by atoms with E-state index in [1.807, 2.05) is 24.3 Å². The molecule has 7 nitrogen and oxygen atoms in total. The first kappa shape index (κ1) is 25.9. The first-order valence-electron chi connectivity index (χ1n) is 10.1. The second-order valence-corrected chi connectivity index (χ2v) is 11.5. The molecular formula is C24H22Br2N2O5S. The number of halogens is 2. The van der Waals surface area contributed by atoms with Crippen molar-refractivity contribution in [1.82, 2.24) is 5.32 Å². The van der Waals surface area contributed by atoms with E-state index in [1.165, 1.54) is 25.2 Å². The number of carboxylic acid groups (broad SMARTS) is 1. The molecule has 0 unspecified atom stereocenters. The van der Waals surface area contributed by atoms with Crippen LogP contribution in [0.25, 0.3) is 0 Å². The van der Waals surface area contributed by atoms with Crippen LogP contribution >= 0.6 is 31.9 Å². The fourth-order valence-corrected chi connectivity index (χ4v) is 4.97. The number of carboxylic acids is 1. The molecule has 3 aromatic carbocycles. The molecule has 0 spiro atoms. The summed E-state index contributed by atoms with van der Waals surface area (Å²) >= 11 is 6.68. The molecule has 0 radical (unpaired) electrons. The van der Waals surface area contributed by atoms with Gasteiger partial charge in [0.25, 0.3) is 5.91 Å². The van der Waals surface area contributed by atoms with Gasteiger partial charge in [0.05, 0.1) is 23.0 Å². The maximum Gasteiger partial charge on any atom is 0.335 e. The molecule has 0 heterocycles. The smallest absolute Gasteiger partial charge is 0.335 e. The highest BCUT2D eigenvalue weighted by Crippen LogP contribution is 2.24. The number of hydrogen-bond acceptors (Lipinski definition) is 4. The van der Waals surface area contributed by atoms with Crippen molar-refractivity contribution in [2.45, 2.75) is 18.7 Å².